The van der Waals surface area contributed by atoms with Gasteiger partial charge in [-0.3, -0.25) is 0 Å². The molecule has 0 saturated carbocycles. The molecule has 0 aliphatic heterocycles. The molecule has 1 atom stereocenters. The van der Waals surface area contributed by atoms with E-state index in [4.69, 9.17) is 0 Å². The van der Waals surface area contributed by atoms with Gasteiger partial charge in [0.2, 0.25) is 0 Å². The molecule has 1 aromatic carbocycles. The van der Waals surface area contributed by atoms with Crippen molar-refractivity contribution in [2.24, 2.45) is 0 Å². The first-order valence-electron chi connectivity index (χ1n) is 4.67. The van der Waals surface area contributed by atoms with E-state index < -0.39 is 0 Å². The van der Waals surface area contributed by atoms with E-state index in [0.717, 1.165) is 6.42 Å². The second-order valence-corrected chi connectivity index (χ2v) is 4.00. The molecule has 0 radical (unpaired) electrons. The van der Waals surface area contributed by atoms with E-state index in [1.54, 1.807) is 11.8 Å². The van der Waals surface area contributed by atoms with E-state index in [-0.39, 0.29) is 0 Å². The third-order valence-electron chi connectivity index (χ3n) is 2.12. The summed E-state index contributed by atoms with van der Waals surface area (Å²) in [6, 6.07) is 8.99. The van der Waals surface area contributed by atoms with Crippen LogP contribution in [0.15, 0.2) is 29.2 Å². The van der Waals surface area contributed by atoms with Gasteiger partial charge in [-0.1, -0.05) is 19.1 Å². The lowest BCUT2D eigenvalue weighted by Gasteiger charge is -2.15. The zero-order valence-corrected chi connectivity index (χ0v) is 9.32. The van der Waals surface area contributed by atoms with Crippen LogP contribution in [0.1, 0.15) is 20.3 Å². The lowest BCUT2D eigenvalue weighted by molar-refractivity contribution is 0.761. The van der Waals surface area contributed by atoms with Crippen molar-refractivity contribution in [1.82, 2.24) is 0 Å². The first kappa shape index (κ1) is 10.5. The number of para-hydroxylation sites is 1. The summed E-state index contributed by atoms with van der Waals surface area (Å²) >= 11 is 1.79. The second-order valence-electron chi connectivity index (χ2n) is 3.15. The largest absolute Gasteiger partial charge is 0.382 e. The molecule has 0 saturated heterocycles. The molecule has 0 bridgehead atoms. The fourth-order valence-corrected chi connectivity index (χ4v) is 1.69. The van der Waals surface area contributed by atoms with Gasteiger partial charge >= 0.3 is 0 Å². The summed E-state index contributed by atoms with van der Waals surface area (Å²) in [5, 5.41) is 3.49. The molecule has 72 valence electrons. The summed E-state index contributed by atoms with van der Waals surface area (Å²) in [5.41, 5.74) is 1.25. The van der Waals surface area contributed by atoms with Crippen molar-refractivity contribution in [1.29, 1.82) is 0 Å². The van der Waals surface area contributed by atoms with Gasteiger partial charge in [-0.25, -0.2) is 0 Å². The van der Waals surface area contributed by atoms with Crippen molar-refractivity contribution in [3.8, 4) is 0 Å². The van der Waals surface area contributed by atoms with Gasteiger partial charge in [-0.15, -0.1) is 11.8 Å². The lowest BCUT2D eigenvalue weighted by atomic mass is 10.2. The fourth-order valence-electron chi connectivity index (χ4n) is 1.13. The summed E-state index contributed by atoms with van der Waals surface area (Å²) in [4.78, 5) is 1.32. The molecule has 0 aliphatic rings. The van der Waals surface area contributed by atoms with E-state index in [0.29, 0.717) is 6.04 Å². The molecule has 0 aliphatic carbocycles. The maximum Gasteiger partial charge on any atom is 0.0480 e. The zero-order valence-electron chi connectivity index (χ0n) is 8.50. The third kappa shape index (κ3) is 2.96. The summed E-state index contributed by atoms with van der Waals surface area (Å²) in [7, 11) is 0. The Hall–Kier alpha value is -0.630. The van der Waals surface area contributed by atoms with Crippen molar-refractivity contribution in [3.63, 3.8) is 0 Å². The van der Waals surface area contributed by atoms with Gasteiger partial charge in [0.15, 0.2) is 0 Å². The Kier molecular flexibility index (Phi) is 4.16. The van der Waals surface area contributed by atoms with E-state index in [9.17, 15) is 0 Å². The molecule has 1 rings (SSSR count). The number of anilines is 1. The van der Waals surface area contributed by atoms with Crippen LogP contribution in [0.5, 0.6) is 0 Å². The zero-order chi connectivity index (χ0) is 9.68. The predicted octanol–water partition coefficient (Wildman–Crippen LogP) is 3.62. The molecular formula is C11H17NS. The standard InChI is InChI=1S/C11H17NS/c1-4-9(2)12-10-7-5-6-8-11(10)13-3/h5-9,12H,4H2,1-3H3/t9-/m0/s1. The predicted molar refractivity (Wildman–Crippen MR) is 61.6 cm³/mol. The van der Waals surface area contributed by atoms with Gasteiger partial charge in [-0.05, 0) is 31.7 Å². The molecular weight excluding hydrogens is 178 g/mol. The molecule has 1 aromatic rings. The number of rotatable bonds is 4. The Balaban J connectivity index is 2.74. The first-order valence-corrected chi connectivity index (χ1v) is 5.90. The van der Waals surface area contributed by atoms with Crippen LogP contribution in [0.4, 0.5) is 5.69 Å². The van der Waals surface area contributed by atoms with Crippen LogP contribution in [0.2, 0.25) is 0 Å². The number of nitrogens with one attached hydrogen (secondary N) is 1. The molecule has 1 N–H and O–H groups in total. The van der Waals surface area contributed by atoms with Crippen LogP contribution >= 0.6 is 11.8 Å². The number of benzene rings is 1. The fraction of sp³-hybridized carbons (Fsp3) is 0.455. The number of hydrogen-bond donors (Lipinski definition) is 1. The molecule has 0 fully saturated rings. The summed E-state index contributed by atoms with van der Waals surface area (Å²) in [6.45, 7) is 4.40. The van der Waals surface area contributed by atoms with Gasteiger partial charge in [0.25, 0.3) is 0 Å². The molecule has 0 amide bonds. The average Bonchev–Trinajstić information content (AvgIpc) is 2.18. The minimum Gasteiger partial charge on any atom is -0.382 e. The highest BCUT2D eigenvalue weighted by Crippen LogP contribution is 2.25. The highest BCUT2D eigenvalue weighted by molar-refractivity contribution is 7.98. The summed E-state index contributed by atoms with van der Waals surface area (Å²) < 4.78 is 0. The maximum atomic E-state index is 3.49. The SMILES string of the molecule is CC[C@H](C)Nc1ccccc1SC. The number of thioether (sulfide) groups is 1. The quantitative estimate of drug-likeness (QED) is 0.736. The maximum absolute atomic E-state index is 3.49. The van der Waals surface area contributed by atoms with Crippen molar-refractivity contribution in [2.75, 3.05) is 11.6 Å². The van der Waals surface area contributed by atoms with Crippen LogP contribution in [-0.2, 0) is 0 Å². The molecule has 0 heterocycles. The van der Waals surface area contributed by atoms with Gasteiger partial charge in [0.05, 0.1) is 0 Å². The van der Waals surface area contributed by atoms with Crippen LogP contribution < -0.4 is 5.32 Å². The van der Waals surface area contributed by atoms with E-state index in [2.05, 4.69) is 49.7 Å². The van der Waals surface area contributed by atoms with Crippen molar-refractivity contribution < 1.29 is 0 Å². The van der Waals surface area contributed by atoms with E-state index in [1.165, 1.54) is 10.6 Å². The molecule has 13 heavy (non-hydrogen) atoms. The molecule has 0 spiro atoms. The van der Waals surface area contributed by atoms with Crippen LogP contribution in [0.3, 0.4) is 0 Å². The van der Waals surface area contributed by atoms with E-state index >= 15 is 0 Å². The van der Waals surface area contributed by atoms with Gasteiger partial charge in [0.1, 0.15) is 0 Å². The van der Waals surface area contributed by atoms with Gasteiger partial charge in [-0.2, -0.15) is 0 Å². The highest BCUT2D eigenvalue weighted by Gasteiger charge is 2.02. The second kappa shape index (κ2) is 5.18. The lowest BCUT2D eigenvalue weighted by Crippen LogP contribution is -2.13. The topological polar surface area (TPSA) is 12.0 Å². The Morgan fingerprint density at radius 3 is 2.69 bits per heavy atom. The molecule has 2 heteroatoms. The van der Waals surface area contributed by atoms with Crippen molar-refractivity contribution in [2.45, 2.75) is 31.2 Å². The summed E-state index contributed by atoms with van der Waals surface area (Å²) in [5.74, 6) is 0. The molecule has 0 unspecified atom stereocenters. The summed E-state index contributed by atoms with van der Waals surface area (Å²) in [6.07, 6.45) is 3.26. The Labute approximate surface area is 84.9 Å². The van der Waals surface area contributed by atoms with E-state index in [1.807, 2.05) is 0 Å². The Morgan fingerprint density at radius 1 is 1.38 bits per heavy atom. The molecule has 1 nitrogen and oxygen atoms in total. The first-order chi connectivity index (χ1) is 6.27. The Morgan fingerprint density at radius 2 is 2.08 bits per heavy atom. The molecule has 0 aromatic heterocycles. The number of hydrogen-bond acceptors (Lipinski definition) is 2. The normalized spacial score (nSPS) is 12.5. The van der Waals surface area contributed by atoms with Crippen molar-refractivity contribution in [3.05, 3.63) is 24.3 Å². The highest BCUT2D eigenvalue weighted by atomic mass is 32.2. The smallest absolute Gasteiger partial charge is 0.0480 e. The minimum atomic E-state index is 0.549. The van der Waals surface area contributed by atoms with Crippen LogP contribution in [0, 0.1) is 0 Å². The average molecular weight is 195 g/mol. The van der Waals surface area contributed by atoms with Gasteiger partial charge in [0, 0.05) is 16.6 Å². The van der Waals surface area contributed by atoms with Crippen LogP contribution in [0.25, 0.3) is 0 Å². The van der Waals surface area contributed by atoms with Crippen LogP contribution in [-0.4, -0.2) is 12.3 Å². The van der Waals surface area contributed by atoms with Gasteiger partial charge < -0.3 is 5.32 Å². The Bertz CT molecular complexity index is 260. The minimum absolute atomic E-state index is 0.549. The van der Waals surface area contributed by atoms with Crippen molar-refractivity contribution >= 4 is 17.4 Å². The third-order valence-corrected chi connectivity index (χ3v) is 2.92. The monoisotopic (exact) mass is 195 g/mol.